The van der Waals surface area contributed by atoms with E-state index < -0.39 is 5.97 Å². The Morgan fingerprint density at radius 1 is 1.10 bits per heavy atom. The second-order valence-electron chi connectivity index (χ2n) is 7.22. The van der Waals surface area contributed by atoms with Crippen LogP contribution in [-0.2, 0) is 20.9 Å². The van der Waals surface area contributed by atoms with Gasteiger partial charge in [0.2, 0.25) is 5.91 Å². The first-order valence-electron chi connectivity index (χ1n) is 9.71. The maximum Gasteiger partial charge on any atom is 0.315 e. The minimum absolute atomic E-state index is 0.235. The second-order valence-corrected chi connectivity index (χ2v) is 7.22. The average molecular weight is 392 g/mol. The number of carbonyl (C=O) groups excluding carboxylic acids is 2. The number of ether oxygens (including phenoxy) is 1. The van der Waals surface area contributed by atoms with Gasteiger partial charge in [0.05, 0.1) is 18.1 Å². The van der Waals surface area contributed by atoms with Crippen LogP contribution in [0.2, 0.25) is 0 Å². The number of benzene rings is 2. The van der Waals surface area contributed by atoms with Crippen LogP contribution in [0.25, 0.3) is 11.0 Å². The third-order valence-corrected chi connectivity index (χ3v) is 5.28. The molecule has 1 amide bonds. The molecule has 7 nitrogen and oxygen atoms in total. The third-order valence-electron chi connectivity index (χ3n) is 5.28. The molecule has 3 aromatic rings. The van der Waals surface area contributed by atoms with Gasteiger partial charge in [-0.3, -0.25) is 14.5 Å². The highest BCUT2D eigenvalue weighted by atomic mass is 16.5. The molecule has 7 heteroatoms. The third kappa shape index (κ3) is 4.30. The smallest absolute Gasteiger partial charge is 0.315 e. The molecule has 150 valence electrons. The van der Waals surface area contributed by atoms with Gasteiger partial charge in [0.25, 0.3) is 0 Å². The Bertz CT molecular complexity index is 968. The molecule has 0 radical (unpaired) electrons. The van der Waals surface area contributed by atoms with Crippen LogP contribution in [0, 0.1) is 0 Å². The summed E-state index contributed by atoms with van der Waals surface area (Å²) in [5, 5.41) is 0. The molecule has 1 aliphatic heterocycles. The van der Waals surface area contributed by atoms with Crippen molar-refractivity contribution in [1.82, 2.24) is 19.8 Å². The highest BCUT2D eigenvalue weighted by Crippen LogP contribution is 2.27. The van der Waals surface area contributed by atoms with Crippen molar-refractivity contribution in [2.45, 2.75) is 19.0 Å². The molecule has 1 fully saturated rings. The fourth-order valence-electron chi connectivity index (χ4n) is 3.78. The number of imidazole rings is 1. The highest BCUT2D eigenvalue weighted by molar-refractivity contribution is 5.94. The molecule has 0 aliphatic carbocycles. The maximum atomic E-state index is 12.8. The van der Waals surface area contributed by atoms with Gasteiger partial charge < -0.3 is 14.6 Å². The molecule has 4 rings (SSSR count). The van der Waals surface area contributed by atoms with Gasteiger partial charge in [0, 0.05) is 26.2 Å². The number of esters is 1. The number of aromatic amines is 1. The summed E-state index contributed by atoms with van der Waals surface area (Å²) < 4.78 is 4.68. The fraction of sp³-hybridized carbons (Fsp3) is 0.318. The van der Waals surface area contributed by atoms with Crippen LogP contribution in [0.15, 0.2) is 54.6 Å². The number of amides is 1. The lowest BCUT2D eigenvalue weighted by atomic mass is 10.1. The highest BCUT2D eigenvalue weighted by Gasteiger charge is 2.34. The van der Waals surface area contributed by atoms with Crippen molar-refractivity contribution in [3.05, 3.63) is 66.0 Å². The number of nitrogens with one attached hydrogen (secondary N) is 1. The molecule has 1 unspecified atom stereocenters. The van der Waals surface area contributed by atoms with Crippen molar-refractivity contribution in [2.75, 3.05) is 26.7 Å². The van der Waals surface area contributed by atoms with E-state index in [0.29, 0.717) is 13.1 Å². The minimum atomic E-state index is -0.523. The van der Waals surface area contributed by atoms with Gasteiger partial charge in [-0.25, -0.2) is 4.98 Å². The predicted molar refractivity (Wildman–Crippen MR) is 109 cm³/mol. The zero-order chi connectivity index (χ0) is 20.2. The number of hydrogen-bond donors (Lipinski definition) is 1. The van der Waals surface area contributed by atoms with Crippen molar-refractivity contribution in [3.8, 4) is 0 Å². The first kappa shape index (κ1) is 19.1. The van der Waals surface area contributed by atoms with Crippen molar-refractivity contribution in [2.24, 2.45) is 0 Å². The van der Waals surface area contributed by atoms with E-state index in [0.717, 1.165) is 29.9 Å². The molecule has 2 aromatic carbocycles. The zero-order valence-corrected chi connectivity index (χ0v) is 16.4. The number of carbonyl (C=O) groups is 2. The van der Waals surface area contributed by atoms with E-state index in [1.165, 1.54) is 12.7 Å². The molecular weight excluding hydrogens is 368 g/mol. The molecule has 1 saturated heterocycles. The lowest BCUT2D eigenvalue weighted by Gasteiger charge is -2.40. The van der Waals surface area contributed by atoms with Gasteiger partial charge in [-0.1, -0.05) is 42.5 Å². The number of rotatable bonds is 5. The Hall–Kier alpha value is -3.19. The molecule has 1 N–H and O–H groups in total. The number of nitrogens with zero attached hydrogens (tertiary/aromatic N) is 3. The van der Waals surface area contributed by atoms with Crippen LogP contribution in [0.4, 0.5) is 0 Å². The minimum Gasteiger partial charge on any atom is -0.469 e. The molecular formula is C22H24N4O3. The van der Waals surface area contributed by atoms with E-state index >= 15 is 0 Å². The zero-order valence-electron chi connectivity index (χ0n) is 16.4. The number of aromatic nitrogens is 2. The molecule has 0 saturated carbocycles. The normalized spacial score (nSPS) is 17.4. The molecule has 0 bridgehead atoms. The summed E-state index contributed by atoms with van der Waals surface area (Å²) in [7, 11) is 1.30. The summed E-state index contributed by atoms with van der Waals surface area (Å²) in [6.45, 7) is 2.71. The summed E-state index contributed by atoms with van der Waals surface area (Å²) >= 11 is 0. The molecule has 1 aromatic heterocycles. The largest absolute Gasteiger partial charge is 0.469 e. The van der Waals surface area contributed by atoms with Crippen LogP contribution in [-0.4, -0.2) is 58.4 Å². The summed E-state index contributed by atoms with van der Waals surface area (Å²) in [5.41, 5.74) is 3.02. The molecule has 29 heavy (non-hydrogen) atoms. The van der Waals surface area contributed by atoms with E-state index in [-0.39, 0.29) is 18.4 Å². The summed E-state index contributed by atoms with van der Waals surface area (Å²) in [6, 6.07) is 17.8. The van der Waals surface area contributed by atoms with Gasteiger partial charge in [-0.2, -0.15) is 0 Å². The Morgan fingerprint density at radius 3 is 2.62 bits per heavy atom. The quantitative estimate of drug-likeness (QED) is 0.533. The van der Waals surface area contributed by atoms with Gasteiger partial charge in [0.15, 0.2) is 0 Å². The Morgan fingerprint density at radius 2 is 1.86 bits per heavy atom. The SMILES string of the molecule is COC(=O)CC(=O)N1CCN(Cc2ccccc2)CC1c1nc2ccccc2[nH]1. The predicted octanol–water partition coefficient (Wildman–Crippen LogP) is 2.51. The van der Waals surface area contributed by atoms with E-state index in [2.05, 4.69) is 26.8 Å². The van der Waals surface area contributed by atoms with Crippen LogP contribution in [0.3, 0.4) is 0 Å². The lowest BCUT2D eigenvalue weighted by Crippen LogP contribution is -2.51. The number of piperazine rings is 1. The van der Waals surface area contributed by atoms with Crippen LogP contribution < -0.4 is 0 Å². The lowest BCUT2D eigenvalue weighted by molar-refractivity contribution is -0.149. The van der Waals surface area contributed by atoms with Crippen molar-refractivity contribution >= 4 is 22.9 Å². The Kier molecular flexibility index (Phi) is 5.57. The van der Waals surface area contributed by atoms with E-state index in [1.54, 1.807) is 4.90 Å². The Balaban J connectivity index is 1.59. The number of H-pyrrole nitrogens is 1. The number of fused-ring (bicyclic) bond motifs is 1. The summed E-state index contributed by atoms with van der Waals surface area (Å²) in [5.74, 6) is -0.0195. The van der Waals surface area contributed by atoms with Crippen LogP contribution in [0.5, 0.6) is 0 Å². The number of para-hydroxylation sites is 2. The standard InChI is InChI=1S/C22H24N4O3/c1-29-21(28)13-20(27)26-12-11-25(14-16-7-3-2-4-8-16)15-19(26)22-23-17-9-5-6-10-18(17)24-22/h2-10,19H,11-15H2,1H3,(H,23,24). The van der Waals surface area contributed by atoms with Gasteiger partial charge in [-0.15, -0.1) is 0 Å². The Labute approximate surface area is 169 Å². The first-order valence-corrected chi connectivity index (χ1v) is 9.71. The van der Waals surface area contributed by atoms with Gasteiger partial charge in [-0.05, 0) is 17.7 Å². The van der Waals surface area contributed by atoms with Crippen LogP contribution in [0.1, 0.15) is 23.9 Å². The summed E-state index contributed by atoms with van der Waals surface area (Å²) in [4.78, 5) is 36.6. The van der Waals surface area contributed by atoms with Crippen LogP contribution >= 0.6 is 0 Å². The molecule has 1 atom stereocenters. The van der Waals surface area contributed by atoms with Gasteiger partial charge >= 0.3 is 5.97 Å². The van der Waals surface area contributed by atoms with Crippen molar-refractivity contribution < 1.29 is 14.3 Å². The first-order chi connectivity index (χ1) is 14.1. The fourth-order valence-corrected chi connectivity index (χ4v) is 3.78. The summed E-state index contributed by atoms with van der Waals surface area (Å²) in [6.07, 6.45) is -0.258. The monoisotopic (exact) mass is 392 g/mol. The average Bonchev–Trinajstić information content (AvgIpc) is 3.18. The maximum absolute atomic E-state index is 12.8. The molecule has 1 aliphatic rings. The molecule has 2 heterocycles. The van der Waals surface area contributed by atoms with E-state index in [4.69, 9.17) is 4.98 Å². The van der Waals surface area contributed by atoms with Gasteiger partial charge in [0.1, 0.15) is 18.3 Å². The van der Waals surface area contributed by atoms with E-state index in [9.17, 15) is 9.59 Å². The van der Waals surface area contributed by atoms with Crippen molar-refractivity contribution in [1.29, 1.82) is 0 Å². The molecule has 0 spiro atoms. The van der Waals surface area contributed by atoms with Crippen molar-refractivity contribution in [3.63, 3.8) is 0 Å². The van der Waals surface area contributed by atoms with E-state index in [1.807, 2.05) is 42.5 Å². The second kappa shape index (κ2) is 8.45. The number of hydrogen-bond acceptors (Lipinski definition) is 5. The topological polar surface area (TPSA) is 78.5 Å². The number of methoxy groups -OCH3 is 1.